The summed E-state index contributed by atoms with van der Waals surface area (Å²) in [4.78, 5) is 0. The van der Waals surface area contributed by atoms with E-state index in [4.69, 9.17) is 7.85 Å². The third kappa shape index (κ3) is 1.89. The summed E-state index contributed by atoms with van der Waals surface area (Å²) in [6.45, 7) is 8.79. The number of hydrogen-bond acceptors (Lipinski definition) is 0. The molecule has 0 aliphatic carbocycles. The molecule has 0 aromatic carbocycles. The predicted molar refractivity (Wildman–Crippen MR) is 39.2 cm³/mol. The van der Waals surface area contributed by atoms with Gasteiger partial charge in [0.25, 0.3) is 0 Å². The zero-order chi connectivity index (χ0) is 6.78. The molecule has 8 heavy (non-hydrogen) atoms. The zero-order valence-corrected chi connectivity index (χ0v) is 6.36. The van der Waals surface area contributed by atoms with E-state index in [9.17, 15) is 0 Å². The van der Waals surface area contributed by atoms with Gasteiger partial charge < -0.3 is 0 Å². The summed E-state index contributed by atoms with van der Waals surface area (Å²) >= 11 is 0. The Kier molecular flexibility index (Phi) is 2.59. The van der Waals surface area contributed by atoms with Gasteiger partial charge >= 0.3 is 0 Å². The lowest BCUT2D eigenvalue weighted by Crippen LogP contribution is -2.17. The molecule has 0 aromatic rings. The van der Waals surface area contributed by atoms with Crippen molar-refractivity contribution in [3.05, 3.63) is 0 Å². The summed E-state index contributed by atoms with van der Waals surface area (Å²) < 4.78 is 0. The fraction of sp³-hybridized carbons (Fsp3) is 1.00. The van der Waals surface area contributed by atoms with Crippen LogP contribution in [-0.4, -0.2) is 7.85 Å². The van der Waals surface area contributed by atoms with Gasteiger partial charge in [0.2, 0.25) is 0 Å². The van der Waals surface area contributed by atoms with E-state index in [1.54, 1.807) is 0 Å². The van der Waals surface area contributed by atoms with Gasteiger partial charge in [-0.3, -0.25) is 0 Å². The summed E-state index contributed by atoms with van der Waals surface area (Å²) in [7, 11) is 5.51. The van der Waals surface area contributed by atoms with Crippen LogP contribution in [0.25, 0.3) is 0 Å². The maximum atomic E-state index is 5.51. The first kappa shape index (κ1) is 8.06. The lowest BCUT2D eigenvalue weighted by Gasteiger charge is -2.27. The van der Waals surface area contributed by atoms with Gasteiger partial charge in [-0.1, -0.05) is 34.0 Å². The molecule has 46 valence electrons. The molecule has 1 heteroatoms. The number of rotatable bonds is 2. The molecular weight excluding hydrogens is 94.9 g/mol. The minimum Gasteiger partial charge on any atom is -0.0834 e. The van der Waals surface area contributed by atoms with Crippen LogP contribution in [0.3, 0.4) is 0 Å². The SMILES string of the molecule is [B]CC(C)(C)C(C)C. The van der Waals surface area contributed by atoms with Crippen LogP contribution < -0.4 is 0 Å². The minimum atomic E-state index is 0.319. The van der Waals surface area contributed by atoms with Crippen molar-refractivity contribution < 1.29 is 0 Å². The van der Waals surface area contributed by atoms with Gasteiger partial charge in [-0.05, 0) is 11.3 Å². The third-order valence-corrected chi connectivity index (χ3v) is 2.09. The van der Waals surface area contributed by atoms with E-state index in [2.05, 4.69) is 27.7 Å². The van der Waals surface area contributed by atoms with Gasteiger partial charge in [-0.25, -0.2) is 0 Å². The molecule has 0 aliphatic heterocycles. The highest BCUT2D eigenvalue weighted by atomic mass is 14.2. The Morgan fingerprint density at radius 2 is 1.75 bits per heavy atom. The van der Waals surface area contributed by atoms with Crippen LogP contribution >= 0.6 is 0 Å². The summed E-state index contributed by atoms with van der Waals surface area (Å²) in [6, 6.07) is 0. The Morgan fingerprint density at radius 1 is 1.38 bits per heavy atom. The van der Waals surface area contributed by atoms with Crippen molar-refractivity contribution in [1.29, 1.82) is 0 Å². The summed E-state index contributed by atoms with van der Waals surface area (Å²) in [6.07, 6.45) is 0.782. The highest BCUT2D eigenvalue weighted by Gasteiger charge is 2.18. The van der Waals surface area contributed by atoms with E-state index in [0.29, 0.717) is 11.3 Å². The van der Waals surface area contributed by atoms with Gasteiger partial charge in [0.15, 0.2) is 0 Å². The molecule has 0 amide bonds. The van der Waals surface area contributed by atoms with E-state index in [1.807, 2.05) is 0 Å². The van der Waals surface area contributed by atoms with Crippen LogP contribution in [0.2, 0.25) is 6.32 Å². The molecule has 0 heterocycles. The van der Waals surface area contributed by atoms with E-state index in [-0.39, 0.29) is 0 Å². The fourth-order valence-electron chi connectivity index (χ4n) is 0.236. The molecule has 0 aromatic heterocycles. The normalized spacial score (nSPS) is 12.6. The van der Waals surface area contributed by atoms with Crippen LogP contribution in [0.1, 0.15) is 27.7 Å². The minimum absolute atomic E-state index is 0.319. The van der Waals surface area contributed by atoms with Crippen LogP contribution in [-0.2, 0) is 0 Å². The lowest BCUT2D eigenvalue weighted by molar-refractivity contribution is 0.284. The Hall–Kier alpha value is 0.0649. The zero-order valence-electron chi connectivity index (χ0n) is 6.36. The largest absolute Gasteiger partial charge is 0.0834 e. The van der Waals surface area contributed by atoms with Crippen LogP contribution in [0.15, 0.2) is 0 Å². The Labute approximate surface area is 54.1 Å². The average Bonchev–Trinajstić information content (AvgIpc) is 1.67. The topological polar surface area (TPSA) is 0 Å². The quantitative estimate of drug-likeness (QED) is 0.478. The highest BCUT2D eigenvalue weighted by molar-refractivity contribution is 6.08. The smallest absolute Gasteiger partial charge is 0.0660 e. The molecule has 2 radical (unpaired) electrons. The second-order valence-electron chi connectivity index (χ2n) is 3.35. The van der Waals surface area contributed by atoms with Crippen molar-refractivity contribution in [2.45, 2.75) is 34.0 Å². The predicted octanol–water partition coefficient (Wildman–Crippen LogP) is 2.26. The number of hydrogen-bond donors (Lipinski definition) is 0. The molecule has 0 saturated carbocycles. The molecule has 0 aliphatic rings. The van der Waals surface area contributed by atoms with Crippen molar-refractivity contribution >= 4 is 7.85 Å². The molecule has 0 unspecified atom stereocenters. The molecule has 0 nitrogen and oxygen atoms in total. The van der Waals surface area contributed by atoms with Gasteiger partial charge in [0, 0.05) is 0 Å². The Morgan fingerprint density at radius 3 is 1.75 bits per heavy atom. The summed E-state index contributed by atoms with van der Waals surface area (Å²) in [5, 5.41) is 0. The molecule has 0 N–H and O–H groups in total. The highest BCUT2D eigenvalue weighted by Crippen LogP contribution is 2.28. The van der Waals surface area contributed by atoms with Crippen molar-refractivity contribution in [2.75, 3.05) is 0 Å². The standard InChI is InChI=1S/C7H15B/c1-6(2)7(3,4)5-8/h6H,5H2,1-4H3. The fourth-order valence-corrected chi connectivity index (χ4v) is 0.236. The van der Waals surface area contributed by atoms with Crippen molar-refractivity contribution in [1.82, 2.24) is 0 Å². The lowest BCUT2D eigenvalue weighted by atomic mass is 9.72. The molecular formula is C7H15B. The summed E-state index contributed by atoms with van der Waals surface area (Å²) in [5.74, 6) is 0.687. The molecule has 0 bridgehead atoms. The van der Waals surface area contributed by atoms with E-state index < -0.39 is 0 Å². The van der Waals surface area contributed by atoms with Gasteiger partial charge in [-0.15, -0.1) is 0 Å². The second-order valence-corrected chi connectivity index (χ2v) is 3.35. The summed E-state index contributed by atoms with van der Waals surface area (Å²) in [5.41, 5.74) is 0.319. The van der Waals surface area contributed by atoms with Gasteiger partial charge in [0.05, 0.1) is 7.85 Å². The monoisotopic (exact) mass is 110 g/mol. The molecule has 0 saturated heterocycles. The third-order valence-electron chi connectivity index (χ3n) is 2.09. The maximum Gasteiger partial charge on any atom is 0.0660 e. The first-order chi connectivity index (χ1) is 3.50. The average molecular weight is 110 g/mol. The molecule has 0 spiro atoms. The maximum absolute atomic E-state index is 5.51. The van der Waals surface area contributed by atoms with Gasteiger partial charge in [-0.2, -0.15) is 0 Å². The van der Waals surface area contributed by atoms with Crippen molar-refractivity contribution in [3.63, 3.8) is 0 Å². The van der Waals surface area contributed by atoms with Gasteiger partial charge in [0.1, 0.15) is 0 Å². The van der Waals surface area contributed by atoms with Crippen molar-refractivity contribution in [2.24, 2.45) is 11.3 Å². The first-order valence-corrected chi connectivity index (χ1v) is 3.21. The van der Waals surface area contributed by atoms with Crippen LogP contribution in [0.4, 0.5) is 0 Å². The molecule has 0 atom stereocenters. The van der Waals surface area contributed by atoms with E-state index in [1.165, 1.54) is 0 Å². The van der Waals surface area contributed by atoms with Crippen molar-refractivity contribution in [3.8, 4) is 0 Å². The van der Waals surface area contributed by atoms with E-state index in [0.717, 1.165) is 6.32 Å². The Bertz CT molecular complexity index is 64.8. The molecule has 0 rings (SSSR count). The Balaban J connectivity index is 3.71. The van der Waals surface area contributed by atoms with Crippen LogP contribution in [0, 0.1) is 11.3 Å². The van der Waals surface area contributed by atoms with E-state index >= 15 is 0 Å². The molecule has 0 fully saturated rings. The van der Waals surface area contributed by atoms with Crippen LogP contribution in [0.5, 0.6) is 0 Å². The first-order valence-electron chi connectivity index (χ1n) is 3.21. The second kappa shape index (κ2) is 2.57.